The van der Waals surface area contributed by atoms with Gasteiger partial charge >= 0.3 is 0 Å². The Bertz CT molecular complexity index is 4220. The molecule has 0 fully saturated rings. The van der Waals surface area contributed by atoms with Gasteiger partial charge in [0.1, 0.15) is 16.7 Å². The van der Waals surface area contributed by atoms with Crippen molar-refractivity contribution >= 4 is 76.6 Å². The van der Waals surface area contributed by atoms with Gasteiger partial charge < -0.3 is 13.4 Å². The van der Waals surface area contributed by atoms with Crippen molar-refractivity contribution in [3.8, 4) is 57.0 Å². The molecule has 8 heteroatoms. The average molecular weight is 847 g/mol. The van der Waals surface area contributed by atoms with Gasteiger partial charge in [0.05, 0.1) is 27.6 Å². The van der Waals surface area contributed by atoms with Crippen molar-refractivity contribution in [2.24, 2.45) is 0 Å². The number of para-hydroxylation sites is 4. The minimum Gasteiger partial charge on any atom is -0.456 e. The van der Waals surface area contributed by atoms with Crippen LogP contribution in [0.3, 0.4) is 0 Å². The van der Waals surface area contributed by atoms with Gasteiger partial charge in [0.25, 0.3) is 0 Å². The fourth-order valence-corrected chi connectivity index (χ4v) is 9.92. The molecule has 0 N–H and O–H groups in total. The Morgan fingerprint density at radius 1 is 0.364 bits per heavy atom. The predicted octanol–water partition coefficient (Wildman–Crippen LogP) is 14.8. The lowest BCUT2D eigenvalue weighted by Gasteiger charge is -2.13. The third kappa shape index (κ3) is 5.45. The molecule has 14 aromatic rings. The van der Waals surface area contributed by atoms with E-state index < -0.39 is 0 Å². The second kappa shape index (κ2) is 14.2. The summed E-state index contributed by atoms with van der Waals surface area (Å²) in [6.45, 7) is 0. The lowest BCUT2D eigenvalue weighted by Crippen LogP contribution is -2.07. The van der Waals surface area contributed by atoms with Crippen LogP contribution in [-0.2, 0) is 0 Å². The van der Waals surface area contributed by atoms with Gasteiger partial charge in [-0.2, -0.15) is 9.97 Å². The van der Waals surface area contributed by atoms with Crippen LogP contribution in [0.5, 0.6) is 0 Å². The largest absolute Gasteiger partial charge is 0.456 e. The van der Waals surface area contributed by atoms with Crippen LogP contribution in [-0.4, -0.2) is 29.1 Å². The molecule has 0 aliphatic rings. The van der Waals surface area contributed by atoms with E-state index in [9.17, 15) is 0 Å². The minimum absolute atomic E-state index is 0.453. The standard InChI is InChI=1S/C58H34N6O2/c1-4-16-35(17-5-1)39-24-15-29-49-51(39)44-31-30-37(34-50(44)65-49)55-60-56(45-25-14-26-46-54(45)66-57(59-46)36-18-6-2-7-19-36)62-58(61-55)64-48-28-13-11-23-41(48)43-33-32-42-40-22-10-12-27-47(40)63(52(42)53(43)64)38-20-8-3-9-21-38/h1-34H. The van der Waals surface area contributed by atoms with E-state index >= 15 is 0 Å². The van der Waals surface area contributed by atoms with Crippen LogP contribution in [0.2, 0.25) is 0 Å². The first-order valence-electron chi connectivity index (χ1n) is 22.0. The van der Waals surface area contributed by atoms with Gasteiger partial charge in [0.15, 0.2) is 17.2 Å². The number of furan rings is 1. The Morgan fingerprint density at radius 3 is 1.73 bits per heavy atom. The van der Waals surface area contributed by atoms with Crippen molar-refractivity contribution in [1.82, 2.24) is 29.1 Å². The molecule has 0 atom stereocenters. The zero-order chi connectivity index (χ0) is 43.3. The lowest BCUT2D eigenvalue weighted by atomic mass is 9.99. The zero-order valence-electron chi connectivity index (χ0n) is 35.1. The SMILES string of the molecule is c1ccc(-c2nc3cccc(-c4nc(-c5ccc6c(c5)oc5cccc(-c7ccccc7)c56)nc(-n5c6ccccc6c6ccc7c8ccccc8n(-c8ccccc8)c7c65)n4)c3o2)cc1. The van der Waals surface area contributed by atoms with Crippen LogP contribution >= 0.6 is 0 Å². The van der Waals surface area contributed by atoms with Gasteiger partial charge in [0.2, 0.25) is 11.8 Å². The zero-order valence-corrected chi connectivity index (χ0v) is 35.1. The highest BCUT2D eigenvalue weighted by atomic mass is 16.3. The molecule has 0 amide bonds. The fraction of sp³-hybridized carbons (Fsp3) is 0. The van der Waals surface area contributed by atoms with Crippen LogP contribution in [0.1, 0.15) is 0 Å². The summed E-state index contributed by atoms with van der Waals surface area (Å²) >= 11 is 0. The Labute approximate surface area is 376 Å². The maximum atomic E-state index is 6.64. The molecule has 14 rings (SSSR count). The minimum atomic E-state index is 0.453. The third-order valence-corrected chi connectivity index (χ3v) is 12.8. The van der Waals surface area contributed by atoms with Crippen LogP contribution in [0, 0.1) is 0 Å². The maximum Gasteiger partial charge on any atom is 0.238 e. The van der Waals surface area contributed by atoms with Crippen LogP contribution in [0.15, 0.2) is 215 Å². The van der Waals surface area contributed by atoms with Gasteiger partial charge in [-0.25, -0.2) is 9.97 Å². The van der Waals surface area contributed by atoms with Gasteiger partial charge in [-0.1, -0.05) is 140 Å². The van der Waals surface area contributed by atoms with E-state index in [0.29, 0.717) is 40.2 Å². The van der Waals surface area contributed by atoms with Crippen molar-refractivity contribution in [2.45, 2.75) is 0 Å². The van der Waals surface area contributed by atoms with Crippen molar-refractivity contribution in [3.63, 3.8) is 0 Å². The van der Waals surface area contributed by atoms with Crippen molar-refractivity contribution < 1.29 is 8.83 Å². The molecule has 8 nitrogen and oxygen atoms in total. The molecule has 0 spiro atoms. The summed E-state index contributed by atoms with van der Waals surface area (Å²) in [4.78, 5) is 21.1. The summed E-state index contributed by atoms with van der Waals surface area (Å²) in [5, 5.41) is 6.55. The highest BCUT2D eigenvalue weighted by Gasteiger charge is 2.25. The quantitative estimate of drug-likeness (QED) is 0.166. The number of nitrogens with zero attached hydrogens (tertiary/aromatic N) is 6. The molecule has 0 aliphatic carbocycles. The number of hydrogen-bond donors (Lipinski definition) is 0. The van der Waals surface area contributed by atoms with E-state index in [1.807, 2.05) is 72.8 Å². The third-order valence-electron chi connectivity index (χ3n) is 12.8. The second-order valence-corrected chi connectivity index (χ2v) is 16.6. The molecular weight excluding hydrogens is 813 g/mol. The predicted molar refractivity (Wildman–Crippen MR) is 265 cm³/mol. The normalized spacial score (nSPS) is 11.9. The number of aromatic nitrogens is 6. The van der Waals surface area contributed by atoms with E-state index in [-0.39, 0.29) is 0 Å². The molecule has 9 aromatic carbocycles. The molecule has 5 aromatic heterocycles. The number of rotatable bonds is 6. The highest BCUT2D eigenvalue weighted by Crippen LogP contribution is 2.43. The Morgan fingerprint density at radius 2 is 0.970 bits per heavy atom. The topological polar surface area (TPSA) is 87.7 Å². The van der Waals surface area contributed by atoms with E-state index in [0.717, 1.165) is 93.5 Å². The fourth-order valence-electron chi connectivity index (χ4n) is 9.92. The first kappa shape index (κ1) is 36.4. The van der Waals surface area contributed by atoms with Gasteiger partial charge in [-0.3, -0.25) is 4.57 Å². The summed E-state index contributed by atoms with van der Waals surface area (Å²) in [7, 11) is 0. The first-order chi connectivity index (χ1) is 32.7. The lowest BCUT2D eigenvalue weighted by molar-refractivity contribution is 0.620. The number of hydrogen-bond acceptors (Lipinski definition) is 6. The summed E-state index contributed by atoms with van der Waals surface area (Å²) in [6.07, 6.45) is 0. The van der Waals surface area contributed by atoms with Crippen molar-refractivity contribution in [1.29, 1.82) is 0 Å². The molecule has 0 unspecified atom stereocenters. The molecule has 0 radical (unpaired) electrons. The maximum absolute atomic E-state index is 6.64. The van der Waals surface area contributed by atoms with Crippen LogP contribution < -0.4 is 0 Å². The molecular formula is C58H34N6O2. The van der Waals surface area contributed by atoms with Crippen molar-refractivity contribution in [2.75, 3.05) is 0 Å². The van der Waals surface area contributed by atoms with Crippen LogP contribution in [0.4, 0.5) is 0 Å². The van der Waals surface area contributed by atoms with Gasteiger partial charge in [-0.15, -0.1) is 0 Å². The molecule has 308 valence electrons. The summed E-state index contributed by atoms with van der Waals surface area (Å²) < 4.78 is 17.8. The molecule has 0 aliphatic heterocycles. The smallest absolute Gasteiger partial charge is 0.238 e. The summed E-state index contributed by atoms with van der Waals surface area (Å²) in [6, 6.07) is 70.9. The molecule has 0 saturated carbocycles. The molecule has 0 bridgehead atoms. The summed E-state index contributed by atoms with van der Waals surface area (Å²) in [5.74, 6) is 1.93. The monoisotopic (exact) mass is 846 g/mol. The number of fused-ring (bicyclic) bond motifs is 11. The number of benzene rings is 9. The number of oxazole rings is 1. The first-order valence-corrected chi connectivity index (χ1v) is 22.0. The van der Waals surface area contributed by atoms with Crippen molar-refractivity contribution in [3.05, 3.63) is 206 Å². The van der Waals surface area contributed by atoms with Crippen LogP contribution in [0.25, 0.3) is 134 Å². The van der Waals surface area contributed by atoms with E-state index in [1.165, 1.54) is 0 Å². The Hall–Kier alpha value is -9.14. The molecule has 5 heterocycles. The Kier molecular flexibility index (Phi) is 7.81. The second-order valence-electron chi connectivity index (χ2n) is 16.6. The van der Waals surface area contributed by atoms with E-state index in [2.05, 4.69) is 143 Å². The molecule has 66 heavy (non-hydrogen) atoms. The average Bonchev–Trinajstić information content (AvgIpc) is 4.16. The Balaban J connectivity index is 1.07. The van der Waals surface area contributed by atoms with E-state index in [1.54, 1.807) is 0 Å². The molecule has 0 saturated heterocycles. The van der Waals surface area contributed by atoms with Gasteiger partial charge in [0, 0.05) is 49.1 Å². The van der Waals surface area contributed by atoms with E-state index in [4.69, 9.17) is 28.8 Å². The summed E-state index contributed by atoms with van der Waals surface area (Å²) in [5.41, 5.74) is 12.7. The highest BCUT2D eigenvalue weighted by molar-refractivity contribution is 6.23. The van der Waals surface area contributed by atoms with Gasteiger partial charge in [-0.05, 0) is 77.9 Å².